The lowest BCUT2D eigenvalue weighted by Crippen LogP contribution is -2.55. The monoisotopic (exact) mass is 529 g/mol. The highest BCUT2D eigenvalue weighted by Gasteiger charge is 2.49. The third-order valence-electron chi connectivity index (χ3n) is 7.88. The lowest BCUT2D eigenvalue weighted by atomic mass is 9.76. The van der Waals surface area contributed by atoms with E-state index < -0.39 is 24.1 Å². The van der Waals surface area contributed by atoms with Crippen LogP contribution in [0.1, 0.15) is 64.8 Å². The Morgan fingerprint density at radius 2 is 1.82 bits per heavy atom. The number of nitrogens with one attached hydrogen (secondary N) is 1. The highest BCUT2D eigenvalue weighted by atomic mass is 16.5. The summed E-state index contributed by atoms with van der Waals surface area (Å²) < 4.78 is 11.2. The number of hydrogen-bond acceptors (Lipinski definition) is 6. The number of hydrogen-bond donors (Lipinski definition) is 2. The Bertz CT molecular complexity index is 1310. The van der Waals surface area contributed by atoms with Gasteiger partial charge in [0.1, 0.15) is 11.5 Å². The molecule has 1 aromatic heterocycles. The average molecular weight is 530 g/mol. The first-order valence-corrected chi connectivity index (χ1v) is 13.5. The van der Waals surface area contributed by atoms with Crippen LogP contribution in [-0.2, 0) is 11.2 Å². The maximum Gasteiger partial charge on any atom is 0.255 e. The number of aromatic nitrogens is 1. The van der Waals surface area contributed by atoms with Crippen molar-refractivity contribution < 1.29 is 24.2 Å². The largest absolute Gasteiger partial charge is 0.497 e. The average Bonchev–Trinajstić information content (AvgIpc) is 2.97. The smallest absolute Gasteiger partial charge is 0.255 e. The Morgan fingerprint density at radius 1 is 1.03 bits per heavy atom. The van der Waals surface area contributed by atoms with Gasteiger partial charge in [-0.05, 0) is 48.7 Å². The first-order valence-electron chi connectivity index (χ1n) is 13.5. The second-order valence-corrected chi connectivity index (χ2v) is 10.1. The van der Waals surface area contributed by atoms with Crippen molar-refractivity contribution in [3.05, 3.63) is 89.2 Å². The Morgan fingerprint density at radius 3 is 2.56 bits per heavy atom. The molecule has 0 radical (unpaired) electrons. The van der Waals surface area contributed by atoms with Gasteiger partial charge in [0.15, 0.2) is 0 Å². The second-order valence-electron chi connectivity index (χ2n) is 10.1. The van der Waals surface area contributed by atoms with E-state index >= 15 is 0 Å². The maximum absolute atomic E-state index is 14.1. The van der Waals surface area contributed by atoms with Gasteiger partial charge >= 0.3 is 0 Å². The Balaban J connectivity index is 1.60. The van der Waals surface area contributed by atoms with Crippen LogP contribution in [0.3, 0.4) is 0 Å². The minimum Gasteiger partial charge on any atom is -0.497 e. The highest BCUT2D eigenvalue weighted by molar-refractivity contribution is 6.01. The molecule has 204 valence electrons. The molecule has 8 heteroatoms. The van der Waals surface area contributed by atoms with E-state index in [4.69, 9.17) is 9.47 Å². The zero-order valence-electron chi connectivity index (χ0n) is 22.4. The van der Waals surface area contributed by atoms with Gasteiger partial charge in [0.2, 0.25) is 5.91 Å². The normalized spacial score (nSPS) is 22.6. The van der Waals surface area contributed by atoms with E-state index in [1.165, 1.54) is 0 Å². The summed E-state index contributed by atoms with van der Waals surface area (Å²) in [6.07, 6.45) is 4.74. The fourth-order valence-corrected chi connectivity index (χ4v) is 5.98. The molecule has 2 aliphatic rings. The van der Waals surface area contributed by atoms with Crippen LogP contribution in [0.4, 0.5) is 0 Å². The third-order valence-corrected chi connectivity index (χ3v) is 7.88. The zero-order valence-corrected chi connectivity index (χ0v) is 22.4. The van der Waals surface area contributed by atoms with Gasteiger partial charge < -0.3 is 24.8 Å². The van der Waals surface area contributed by atoms with Gasteiger partial charge in [-0.3, -0.25) is 14.6 Å². The molecule has 0 spiro atoms. The predicted molar refractivity (Wildman–Crippen MR) is 147 cm³/mol. The molecule has 0 bridgehead atoms. The van der Waals surface area contributed by atoms with Crippen molar-refractivity contribution in [2.75, 3.05) is 20.8 Å². The van der Waals surface area contributed by atoms with Crippen molar-refractivity contribution in [3.63, 3.8) is 0 Å². The molecular formula is C31H35N3O5. The summed E-state index contributed by atoms with van der Waals surface area (Å²) in [4.78, 5) is 34.3. The van der Waals surface area contributed by atoms with Crippen molar-refractivity contribution in [2.24, 2.45) is 0 Å². The number of carbonyl (C=O) groups is 2. The van der Waals surface area contributed by atoms with Gasteiger partial charge in [0, 0.05) is 42.0 Å². The van der Waals surface area contributed by atoms with E-state index in [1.807, 2.05) is 48.5 Å². The number of aliphatic hydroxyl groups is 1. The summed E-state index contributed by atoms with van der Waals surface area (Å²) >= 11 is 0. The SMILES string of the molecule is COc1ccc([C@H]2[C@H](C(=O)NCCc3ccccn3)c3ccccc3C(=O)N2[C@H]2CCCC[C@@H]2O)c(OC)c1. The van der Waals surface area contributed by atoms with Gasteiger partial charge in [0.05, 0.1) is 38.3 Å². The van der Waals surface area contributed by atoms with Crippen LogP contribution >= 0.6 is 0 Å². The lowest BCUT2D eigenvalue weighted by molar-refractivity contribution is -0.125. The molecule has 2 amide bonds. The van der Waals surface area contributed by atoms with Crippen LogP contribution < -0.4 is 14.8 Å². The molecule has 4 atom stereocenters. The Kier molecular flexibility index (Phi) is 8.12. The Hall–Kier alpha value is -3.91. The number of nitrogens with zero attached hydrogens (tertiary/aromatic N) is 2. The molecule has 3 aromatic rings. The van der Waals surface area contributed by atoms with Crippen molar-refractivity contribution >= 4 is 11.8 Å². The van der Waals surface area contributed by atoms with Crippen LogP contribution in [0.25, 0.3) is 0 Å². The molecule has 8 nitrogen and oxygen atoms in total. The zero-order chi connectivity index (χ0) is 27.4. The van der Waals surface area contributed by atoms with Crippen LogP contribution in [0.15, 0.2) is 66.9 Å². The fourth-order valence-electron chi connectivity index (χ4n) is 5.98. The molecule has 1 aliphatic heterocycles. The van der Waals surface area contributed by atoms with Crippen LogP contribution in [-0.4, -0.2) is 59.7 Å². The van der Waals surface area contributed by atoms with E-state index in [1.54, 1.807) is 37.4 Å². The number of aliphatic hydroxyl groups excluding tert-OH is 1. The summed E-state index contributed by atoms with van der Waals surface area (Å²) in [7, 11) is 3.15. The molecule has 0 unspecified atom stereocenters. The van der Waals surface area contributed by atoms with Crippen molar-refractivity contribution in [1.82, 2.24) is 15.2 Å². The molecule has 0 saturated heterocycles. The number of amides is 2. The third kappa shape index (κ3) is 5.34. The number of methoxy groups -OCH3 is 2. The second kappa shape index (κ2) is 11.9. The number of rotatable bonds is 8. The quantitative estimate of drug-likeness (QED) is 0.457. The van der Waals surface area contributed by atoms with E-state index in [-0.39, 0.29) is 11.8 Å². The lowest BCUT2D eigenvalue weighted by Gasteiger charge is -2.48. The molecule has 1 saturated carbocycles. The standard InChI is InChI=1S/C31H35N3O5/c1-38-21-14-15-24(27(19-21)39-2)29-28(30(36)33-18-16-20-9-7-8-17-32-20)22-10-3-4-11-23(22)31(37)34(29)25-12-5-6-13-26(25)35/h3-4,7-11,14-15,17,19,25-26,28-29,35H,5-6,12-13,16,18H2,1-2H3,(H,33,36)/t25-,26-,28+,29-/m0/s1. The Labute approximate surface area is 229 Å². The van der Waals surface area contributed by atoms with Crippen molar-refractivity contribution in [3.8, 4) is 11.5 Å². The molecule has 39 heavy (non-hydrogen) atoms. The van der Waals surface area contributed by atoms with Gasteiger partial charge in [-0.25, -0.2) is 0 Å². The molecule has 1 fully saturated rings. The molecule has 2 N–H and O–H groups in total. The first-order chi connectivity index (χ1) is 19.0. The number of carbonyl (C=O) groups excluding carboxylic acids is 2. The molecular weight excluding hydrogens is 494 g/mol. The summed E-state index contributed by atoms with van der Waals surface area (Å²) in [5.41, 5.74) is 2.74. The van der Waals surface area contributed by atoms with E-state index in [0.29, 0.717) is 54.0 Å². The number of benzene rings is 2. The van der Waals surface area contributed by atoms with Crippen LogP contribution in [0, 0.1) is 0 Å². The number of fused-ring (bicyclic) bond motifs is 1. The number of pyridine rings is 1. The molecule has 1 aliphatic carbocycles. The van der Waals surface area contributed by atoms with Crippen molar-refractivity contribution in [1.29, 1.82) is 0 Å². The summed E-state index contributed by atoms with van der Waals surface area (Å²) in [6, 6.07) is 17.4. The van der Waals surface area contributed by atoms with Gasteiger partial charge in [0.25, 0.3) is 5.91 Å². The molecule has 2 heterocycles. The number of ether oxygens (including phenoxy) is 2. The minimum absolute atomic E-state index is 0.183. The first kappa shape index (κ1) is 26.7. The molecule has 2 aromatic carbocycles. The van der Waals surface area contributed by atoms with Gasteiger partial charge in [-0.1, -0.05) is 37.1 Å². The van der Waals surface area contributed by atoms with E-state index in [0.717, 1.165) is 18.5 Å². The van der Waals surface area contributed by atoms with E-state index in [9.17, 15) is 14.7 Å². The van der Waals surface area contributed by atoms with Gasteiger partial charge in [-0.15, -0.1) is 0 Å². The predicted octanol–water partition coefficient (Wildman–Crippen LogP) is 4.04. The fraction of sp³-hybridized carbons (Fsp3) is 0.387. The van der Waals surface area contributed by atoms with Crippen LogP contribution in [0.5, 0.6) is 11.5 Å². The van der Waals surface area contributed by atoms with E-state index in [2.05, 4.69) is 10.3 Å². The van der Waals surface area contributed by atoms with Gasteiger partial charge in [-0.2, -0.15) is 0 Å². The summed E-state index contributed by atoms with van der Waals surface area (Å²) in [5, 5.41) is 14.2. The highest BCUT2D eigenvalue weighted by Crippen LogP contribution is 2.48. The maximum atomic E-state index is 14.1. The van der Waals surface area contributed by atoms with Crippen molar-refractivity contribution in [2.45, 2.75) is 56.2 Å². The molecule has 5 rings (SSSR count). The summed E-state index contributed by atoms with van der Waals surface area (Å²) in [6.45, 7) is 0.404. The van der Waals surface area contributed by atoms with Crippen LogP contribution in [0.2, 0.25) is 0 Å². The topological polar surface area (TPSA) is 101 Å². The minimum atomic E-state index is -0.709. The summed E-state index contributed by atoms with van der Waals surface area (Å²) in [5.74, 6) is 0.0481.